The normalized spacial score (nSPS) is 16.2. The van der Waals surface area contributed by atoms with Gasteiger partial charge in [-0.3, -0.25) is 24.0 Å². The summed E-state index contributed by atoms with van der Waals surface area (Å²) >= 11 is 5.83. The molecule has 10 heteroatoms. The third kappa shape index (κ3) is 4.73. The zero-order valence-electron chi connectivity index (χ0n) is 17.8. The largest absolute Gasteiger partial charge is 0.364 e. The van der Waals surface area contributed by atoms with Crippen LogP contribution in [0.15, 0.2) is 36.7 Å². The number of aromatic nitrogens is 3. The number of nitrogens with zero attached hydrogens (tertiary/aromatic N) is 4. The number of carbonyl (C=O) groups excluding carboxylic acids is 3. The summed E-state index contributed by atoms with van der Waals surface area (Å²) in [4.78, 5) is 43.5. The molecule has 2 amide bonds. The fraction of sp³-hybridized carbons (Fsp3) is 0.348. The van der Waals surface area contributed by atoms with Crippen LogP contribution in [0.2, 0.25) is 5.02 Å². The van der Waals surface area contributed by atoms with Gasteiger partial charge in [0, 0.05) is 24.5 Å². The van der Waals surface area contributed by atoms with E-state index in [1.165, 1.54) is 23.1 Å². The molecule has 33 heavy (non-hydrogen) atoms. The van der Waals surface area contributed by atoms with Gasteiger partial charge in [0.2, 0.25) is 5.91 Å². The Kier molecular flexibility index (Phi) is 6.69. The molecule has 1 atom stereocenters. The van der Waals surface area contributed by atoms with Gasteiger partial charge in [-0.05, 0) is 43.4 Å². The first kappa shape index (κ1) is 22.8. The van der Waals surface area contributed by atoms with E-state index in [0.717, 1.165) is 12.8 Å². The first-order chi connectivity index (χ1) is 15.9. The van der Waals surface area contributed by atoms with Crippen molar-refractivity contribution in [3.63, 3.8) is 0 Å². The van der Waals surface area contributed by atoms with Gasteiger partial charge in [-0.15, -0.1) is 0 Å². The Bertz CT molecular complexity index is 1230. The molecule has 0 bridgehead atoms. The van der Waals surface area contributed by atoms with Crippen LogP contribution in [-0.2, 0) is 22.6 Å². The number of halogens is 2. The van der Waals surface area contributed by atoms with Crippen molar-refractivity contribution in [3.8, 4) is 0 Å². The van der Waals surface area contributed by atoms with Crippen LogP contribution in [0, 0.1) is 5.82 Å². The number of nitrogens with two attached hydrogens (primary N) is 1. The summed E-state index contributed by atoms with van der Waals surface area (Å²) in [6.07, 6.45) is 5.51. The molecule has 8 nitrogen and oxygen atoms in total. The Morgan fingerprint density at radius 3 is 2.82 bits per heavy atom. The van der Waals surface area contributed by atoms with E-state index in [0.29, 0.717) is 29.4 Å². The second-order valence-corrected chi connectivity index (χ2v) is 8.45. The van der Waals surface area contributed by atoms with E-state index in [1.54, 1.807) is 23.1 Å². The van der Waals surface area contributed by atoms with Crippen molar-refractivity contribution in [2.24, 2.45) is 5.73 Å². The lowest BCUT2D eigenvalue weighted by Gasteiger charge is -2.35. The summed E-state index contributed by atoms with van der Waals surface area (Å²) < 4.78 is 15.6. The van der Waals surface area contributed by atoms with Crippen molar-refractivity contribution in [2.75, 3.05) is 6.54 Å². The van der Waals surface area contributed by atoms with Crippen LogP contribution in [0.1, 0.15) is 41.7 Å². The van der Waals surface area contributed by atoms with Crippen LogP contribution in [0.4, 0.5) is 4.39 Å². The van der Waals surface area contributed by atoms with Crippen LogP contribution in [-0.4, -0.2) is 49.8 Å². The number of rotatable bonds is 7. The summed E-state index contributed by atoms with van der Waals surface area (Å²) in [6.45, 7) is 0.295. The van der Waals surface area contributed by atoms with E-state index >= 15 is 0 Å². The van der Waals surface area contributed by atoms with E-state index in [9.17, 15) is 18.8 Å². The quantitative estimate of drug-likeness (QED) is 0.569. The Morgan fingerprint density at radius 2 is 2.03 bits per heavy atom. The fourth-order valence-corrected chi connectivity index (χ4v) is 4.47. The summed E-state index contributed by atoms with van der Waals surface area (Å²) in [5.74, 6) is -1.62. The van der Waals surface area contributed by atoms with Gasteiger partial charge in [-0.2, -0.15) is 5.10 Å². The number of primary amides is 1. The van der Waals surface area contributed by atoms with Crippen LogP contribution in [0.25, 0.3) is 10.9 Å². The SMILES string of the molecule is NC(=O)c1nn(CC(=O)N2CCCC[C@H]2C(=O)CCc2cccc(Cl)c2F)c2cnccc12. The molecule has 2 aromatic heterocycles. The molecule has 3 heterocycles. The molecule has 1 aliphatic heterocycles. The number of ketones is 1. The Hall–Kier alpha value is -3.33. The molecule has 0 saturated carbocycles. The Balaban J connectivity index is 1.50. The van der Waals surface area contributed by atoms with Gasteiger partial charge in [0.25, 0.3) is 5.91 Å². The van der Waals surface area contributed by atoms with Crippen molar-refractivity contribution in [2.45, 2.75) is 44.7 Å². The maximum atomic E-state index is 14.2. The van der Waals surface area contributed by atoms with E-state index in [4.69, 9.17) is 17.3 Å². The molecule has 2 N–H and O–H groups in total. The van der Waals surface area contributed by atoms with E-state index in [-0.39, 0.29) is 41.8 Å². The van der Waals surface area contributed by atoms with Crippen LogP contribution >= 0.6 is 11.6 Å². The minimum absolute atomic E-state index is 0.0192. The summed E-state index contributed by atoms with van der Waals surface area (Å²) in [6, 6.07) is 5.74. The number of hydrogen-bond donors (Lipinski definition) is 1. The molecule has 1 aliphatic rings. The molecule has 0 unspecified atom stereocenters. The first-order valence-electron chi connectivity index (χ1n) is 10.7. The molecule has 1 aromatic carbocycles. The molecule has 4 rings (SSSR count). The van der Waals surface area contributed by atoms with Gasteiger partial charge in [0.1, 0.15) is 12.4 Å². The molecule has 0 aliphatic carbocycles. The minimum Gasteiger partial charge on any atom is -0.364 e. The predicted molar refractivity (Wildman–Crippen MR) is 120 cm³/mol. The maximum absolute atomic E-state index is 14.2. The van der Waals surface area contributed by atoms with Gasteiger partial charge in [-0.25, -0.2) is 4.39 Å². The van der Waals surface area contributed by atoms with Crippen molar-refractivity contribution < 1.29 is 18.8 Å². The lowest BCUT2D eigenvalue weighted by Crippen LogP contribution is -2.49. The van der Waals surface area contributed by atoms with Gasteiger partial charge < -0.3 is 10.6 Å². The Morgan fingerprint density at radius 1 is 1.21 bits per heavy atom. The second-order valence-electron chi connectivity index (χ2n) is 8.04. The lowest BCUT2D eigenvalue weighted by molar-refractivity contribution is -0.142. The highest BCUT2D eigenvalue weighted by atomic mass is 35.5. The number of likely N-dealkylation sites (tertiary alicyclic amines) is 1. The number of amides is 2. The number of fused-ring (bicyclic) bond motifs is 1. The molecule has 3 aromatic rings. The number of hydrogen-bond acceptors (Lipinski definition) is 5. The highest BCUT2D eigenvalue weighted by Crippen LogP contribution is 2.24. The summed E-state index contributed by atoms with van der Waals surface area (Å²) in [5.41, 5.74) is 6.37. The fourth-order valence-electron chi connectivity index (χ4n) is 4.27. The number of carbonyl (C=O) groups is 3. The molecule has 1 fully saturated rings. The molecule has 172 valence electrons. The topological polar surface area (TPSA) is 111 Å². The molecular formula is C23H23ClFN5O3. The van der Waals surface area contributed by atoms with E-state index < -0.39 is 17.8 Å². The van der Waals surface area contributed by atoms with E-state index in [2.05, 4.69) is 10.1 Å². The van der Waals surface area contributed by atoms with Crippen molar-refractivity contribution in [3.05, 3.63) is 58.8 Å². The third-order valence-corrected chi connectivity index (χ3v) is 6.23. The van der Waals surface area contributed by atoms with Crippen molar-refractivity contribution in [1.82, 2.24) is 19.7 Å². The van der Waals surface area contributed by atoms with Gasteiger partial charge >= 0.3 is 0 Å². The zero-order chi connectivity index (χ0) is 23.5. The number of pyridine rings is 1. The molecule has 0 radical (unpaired) electrons. The third-order valence-electron chi connectivity index (χ3n) is 5.94. The number of aryl methyl sites for hydroxylation is 1. The predicted octanol–water partition coefficient (Wildman–Crippen LogP) is 2.91. The highest BCUT2D eigenvalue weighted by molar-refractivity contribution is 6.30. The zero-order valence-corrected chi connectivity index (χ0v) is 18.6. The summed E-state index contributed by atoms with van der Waals surface area (Å²) in [5, 5.41) is 4.74. The Labute approximate surface area is 194 Å². The molecule has 1 saturated heterocycles. The smallest absolute Gasteiger partial charge is 0.269 e. The van der Waals surface area contributed by atoms with Gasteiger partial charge in [0.05, 0.1) is 22.8 Å². The number of piperidine rings is 1. The van der Waals surface area contributed by atoms with Crippen LogP contribution in [0.5, 0.6) is 0 Å². The average molecular weight is 472 g/mol. The number of Topliss-reactive ketones (excluding diaryl/α,β-unsaturated/α-hetero) is 1. The standard InChI is InChI=1S/C23H23ClFN5O3/c24-16-5-3-4-14(21(16)25)7-8-19(31)17-6-1-2-11-29(17)20(32)13-30-18-12-27-10-9-15(18)22(28-30)23(26)33/h3-5,9-10,12,17H,1-2,6-8,11,13H2,(H2,26,33)/t17-/m0/s1. The average Bonchev–Trinajstić information content (AvgIpc) is 3.18. The number of benzene rings is 1. The van der Waals surface area contributed by atoms with Crippen molar-refractivity contribution >= 4 is 40.1 Å². The second kappa shape index (κ2) is 9.66. The van der Waals surface area contributed by atoms with Crippen LogP contribution in [0.3, 0.4) is 0 Å². The van der Waals surface area contributed by atoms with Crippen LogP contribution < -0.4 is 5.73 Å². The van der Waals surface area contributed by atoms with Crippen molar-refractivity contribution in [1.29, 1.82) is 0 Å². The van der Waals surface area contributed by atoms with Gasteiger partial charge in [0.15, 0.2) is 11.5 Å². The first-order valence-corrected chi connectivity index (χ1v) is 11.1. The lowest BCUT2D eigenvalue weighted by atomic mass is 9.94. The summed E-state index contributed by atoms with van der Waals surface area (Å²) in [7, 11) is 0. The minimum atomic E-state index is -0.698. The van der Waals surface area contributed by atoms with E-state index in [1.807, 2.05) is 0 Å². The highest BCUT2D eigenvalue weighted by Gasteiger charge is 2.32. The molecular weight excluding hydrogens is 449 g/mol. The molecule has 0 spiro atoms. The maximum Gasteiger partial charge on any atom is 0.269 e. The van der Waals surface area contributed by atoms with Gasteiger partial charge in [-0.1, -0.05) is 23.7 Å². The monoisotopic (exact) mass is 471 g/mol.